The largest absolute Gasteiger partial charge is 0.465 e. The highest BCUT2D eigenvalue weighted by atomic mass is 16.6. The summed E-state index contributed by atoms with van der Waals surface area (Å²) in [6.45, 7) is 0.916. The van der Waals surface area contributed by atoms with E-state index >= 15 is 0 Å². The summed E-state index contributed by atoms with van der Waals surface area (Å²) in [7, 11) is 0. The Bertz CT molecular complexity index is 1800. The maximum Gasteiger partial charge on any atom is 0.407 e. The van der Waals surface area contributed by atoms with Crippen LogP contribution in [0.2, 0.25) is 0 Å². The number of oxime groups is 1. The lowest BCUT2D eigenvalue weighted by Crippen LogP contribution is -2.47. The quantitative estimate of drug-likeness (QED) is 0.188. The zero-order valence-corrected chi connectivity index (χ0v) is 25.0. The number of fused-ring (bicyclic) bond motifs is 1. The number of benzene rings is 3. The number of nitrogens with zero attached hydrogens (tertiary/aromatic N) is 5. The number of aromatic nitrogens is 3. The van der Waals surface area contributed by atoms with Gasteiger partial charge in [0.05, 0.1) is 23.6 Å². The molecule has 1 saturated heterocycles. The Labute approximate surface area is 262 Å². The fraction of sp³-hybridized carbons (Fsp3) is 0.243. The van der Waals surface area contributed by atoms with Gasteiger partial charge in [0, 0.05) is 41.7 Å². The fourth-order valence-corrected chi connectivity index (χ4v) is 6.72. The molecule has 2 aromatic heterocycles. The molecule has 1 aliphatic heterocycles. The second kappa shape index (κ2) is 12.8. The van der Waals surface area contributed by atoms with E-state index in [-0.39, 0.29) is 12.1 Å². The average molecular weight is 598 g/mol. The van der Waals surface area contributed by atoms with E-state index in [0.717, 1.165) is 57.6 Å². The molecule has 45 heavy (non-hydrogen) atoms. The van der Waals surface area contributed by atoms with Crippen LogP contribution in [0.4, 0.5) is 4.79 Å². The Morgan fingerprint density at radius 3 is 2.40 bits per heavy atom. The van der Waals surface area contributed by atoms with E-state index in [0.29, 0.717) is 32.4 Å². The molecule has 2 unspecified atom stereocenters. The van der Waals surface area contributed by atoms with Crippen LogP contribution in [0.5, 0.6) is 0 Å². The first-order valence-electron chi connectivity index (χ1n) is 15.5. The highest BCUT2D eigenvalue weighted by Gasteiger charge is 2.34. The molecule has 3 aromatic carbocycles. The van der Waals surface area contributed by atoms with Gasteiger partial charge in [-0.2, -0.15) is 5.10 Å². The van der Waals surface area contributed by atoms with Gasteiger partial charge in [-0.15, -0.1) is 0 Å². The number of rotatable bonds is 8. The zero-order valence-electron chi connectivity index (χ0n) is 25.0. The van der Waals surface area contributed by atoms with Gasteiger partial charge in [0.25, 0.3) is 0 Å². The number of hydrogen-bond donors (Lipinski definition) is 1. The predicted molar refractivity (Wildman–Crippen MR) is 174 cm³/mol. The number of carboxylic acid groups (broad SMARTS) is 1. The lowest BCUT2D eigenvalue weighted by Gasteiger charge is -2.38. The van der Waals surface area contributed by atoms with Crippen LogP contribution in [-0.2, 0) is 24.3 Å². The normalized spacial score (nSPS) is 18.6. The molecule has 5 aromatic rings. The van der Waals surface area contributed by atoms with Gasteiger partial charge < -0.3 is 14.8 Å². The lowest BCUT2D eigenvalue weighted by molar-refractivity contribution is 0.0894. The van der Waals surface area contributed by atoms with Gasteiger partial charge in [0.2, 0.25) is 0 Å². The van der Waals surface area contributed by atoms with E-state index < -0.39 is 6.09 Å². The summed E-state index contributed by atoms with van der Waals surface area (Å²) in [5, 5.41) is 19.5. The van der Waals surface area contributed by atoms with Gasteiger partial charge in [0.1, 0.15) is 6.61 Å². The van der Waals surface area contributed by atoms with Crippen LogP contribution in [0.25, 0.3) is 22.4 Å². The summed E-state index contributed by atoms with van der Waals surface area (Å²) in [4.78, 5) is 23.8. The van der Waals surface area contributed by atoms with Crippen LogP contribution in [-0.4, -0.2) is 49.2 Å². The van der Waals surface area contributed by atoms with Crippen LogP contribution in [0, 0.1) is 0 Å². The van der Waals surface area contributed by atoms with E-state index in [1.807, 2.05) is 79.3 Å². The Balaban J connectivity index is 1.18. The first-order valence-corrected chi connectivity index (χ1v) is 15.5. The summed E-state index contributed by atoms with van der Waals surface area (Å²) < 4.78 is 2.12. The van der Waals surface area contributed by atoms with Crippen molar-refractivity contribution in [3.8, 4) is 22.4 Å². The van der Waals surface area contributed by atoms with Gasteiger partial charge in [0.15, 0.2) is 0 Å². The smallest absolute Gasteiger partial charge is 0.407 e. The standard InChI is InChI=1S/C37H35N5O3/c43-37(44)41-20-17-31(23-32(41)21-26-7-3-1-4-8-26)42-36(28-15-18-38-19-16-28)34(24-39-42)30-11-13-33-29(22-30)12-14-35(33)40-45-25-27-9-5-2-6-10-27/h1-11,13,15-16,18-19,22,24,31-32H,12,14,17,20-21,23,25H2,(H,43,44)/b40-35+. The second-order valence-corrected chi connectivity index (χ2v) is 11.8. The summed E-state index contributed by atoms with van der Waals surface area (Å²) >= 11 is 0. The molecule has 8 heteroatoms. The number of likely N-dealkylation sites (tertiary alicyclic amines) is 1. The minimum Gasteiger partial charge on any atom is -0.465 e. The van der Waals surface area contributed by atoms with Crippen LogP contribution in [0.1, 0.15) is 47.6 Å². The molecule has 0 saturated carbocycles. The SMILES string of the molecule is O=C(O)N1CCC(n2ncc(-c3ccc4c(c3)CC/C4=N\OCc3ccccc3)c2-c2ccncc2)CC1Cc1ccccc1. The minimum absolute atomic E-state index is 0.0566. The number of aryl methyl sites for hydroxylation is 1. The molecule has 2 atom stereocenters. The van der Waals surface area contributed by atoms with E-state index in [2.05, 4.69) is 45.2 Å². The number of piperidine rings is 1. The molecule has 2 aliphatic rings. The monoisotopic (exact) mass is 597 g/mol. The van der Waals surface area contributed by atoms with Crippen LogP contribution >= 0.6 is 0 Å². The summed E-state index contributed by atoms with van der Waals surface area (Å²) in [6.07, 6.45) is 8.52. The van der Waals surface area contributed by atoms with Gasteiger partial charge in [-0.1, -0.05) is 84.0 Å². The maximum absolute atomic E-state index is 12.2. The van der Waals surface area contributed by atoms with Crippen molar-refractivity contribution in [3.05, 3.63) is 132 Å². The average Bonchev–Trinajstić information content (AvgIpc) is 3.70. The van der Waals surface area contributed by atoms with Crippen molar-refractivity contribution in [2.75, 3.05) is 6.54 Å². The van der Waals surface area contributed by atoms with Crippen molar-refractivity contribution >= 4 is 11.8 Å². The van der Waals surface area contributed by atoms with Gasteiger partial charge in [-0.3, -0.25) is 9.67 Å². The molecule has 0 radical (unpaired) electrons. The minimum atomic E-state index is -0.864. The summed E-state index contributed by atoms with van der Waals surface area (Å²) in [5.41, 5.74) is 9.81. The molecule has 1 aliphatic carbocycles. The molecule has 0 bridgehead atoms. The number of amides is 1. The van der Waals surface area contributed by atoms with Gasteiger partial charge in [-0.05, 0) is 66.5 Å². The molecular weight excluding hydrogens is 562 g/mol. The van der Waals surface area contributed by atoms with Crippen LogP contribution < -0.4 is 0 Å². The van der Waals surface area contributed by atoms with Gasteiger partial charge in [-0.25, -0.2) is 4.79 Å². The van der Waals surface area contributed by atoms with Crippen LogP contribution in [0.3, 0.4) is 0 Å². The molecule has 0 spiro atoms. The number of pyridine rings is 1. The first kappa shape index (κ1) is 28.5. The zero-order chi connectivity index (χ0) is 30.6. The summed E-state index contributed by atoms with van der Waals surface area (Å²) in [6, 6.07) is 30.7. The Morgan fingerprint density at radius 2 is 1.64 bits per heavy atom. The Kier molecular flexibility index (Phi) is 8.10. The second-order valence-electron chi connectivity index (χ2n) is 11.8. The van der Waals surface area contributed by atoms with Gasteiger partial charge >= 0.3 is 6.09 Å². The van der Waals surface area contributed by atoms with E-state index in [1.165, 1.54) is 5.56 Å². The molecule has 226 valence electrons. The van der Waals surface area contributed by atoms with E-state index in [9.17, 15) is 9.90 Å². The third-order valence-electron chi connectivity index (χ3n) is 8.95. The highest BCUT2D eigenvalue weighted by molar-refractivity contribution is 6.04. The van der Waals surface area contributed by atoms with E-state index in [1.54, 1.807) is 4.90 Å². The third kappa shape index (κ3) is 6.09. The van der Waals surface area contributed by atoms with Crippen molar-refractivity contribution in [1.82, 2.24) is 19.7 Å². The molecule has 1 fully saturated rings. The molecule has 1 N–H and O–H groups in total. The highest BCUT2D eigenvalue weighted by Crippen LogP contribution is 2.39. The number of hydrogen-bond acceptors (Lipinski definition) is 5. The van der Waals surface area contributed by atoms with Crippen molar-refractivity contribution in [2.45, 2.75) is 50.8 Å². The Morgan fingerprint density at radius 1 is 0.889 bits per heavy atom. The Hall–Kier alpha value is -5.24. The molecule has 3 heterocycles. The van der Waals surface area contributed by atoms with Crippen molar-refractivity contribution in [2.24, 2.45) is 5.16 Å². The van der Waals surface area contributed by atoms with Crippen molar-refractivity contribution < 1.29 is 14.7 Å². The molecule has 1 amide bonds. The first-order chi connectivity index (χ1) is 22.1. The molecule has 8 nitrogen and oxygen atoms in total. The number of carbonyl (C=O) groups is 1. The third-order valence-corrected chi connectivity index (χ3v) is 8.95. The lowest BCUT2D eigenvalue weighted by atomic mass is 9.91. The van der Waals surface area contributed by atoms with E-state index in [4.69, 9.17) is 9.94 Å². The molecule has 7 rings (SSSR count). The topological polar surface area (TPSA) is 92.8 Å². The van der Waals surface area contributed by atoms with Crippen molar-refractivity contribution in [3.63, 3.8) is 0 Å². The summed E-state index contributed by atoms with van der Waals surface area (Å²) in [5.74, 6) is 0. The molecular formula is C37H35N5O3. The fourth-order valence-electron chi connectivity index (χ4n) is 6.72. The predicted octanol–water partition coefficient (Wildman–Crippen LogP) is 7.41. The van der Waals surface area contributed by atoms with Crippen LogP contribution in [0.15, 0.2) is 115 Å². The van der Waals surface area contributed by atoms with Crippen molar-refractivity contribution in [1.29, 1.82) is 0 Å². The maximum atomic E-state index is 12.2.